The summed E-state index contributed by atoms with van der Waals surface area (Å²) >= 11 is 3.43. The van der Waals surface area contributed by atoms with E-state index in [0.29, 0.717) is 5.69 Å². The van der Waals surface area contributed by atoms with E-state index in [0.717, 1.165) is 26.2 Å². The lowest BCUT2D eigenvalue weighted by Crippen LogP contribution is -2.54. The van der Waals surface area contributed by atoms with Crippen molar-refractivity contribution in [2.75, 3.05) is 17.1 Å². The summed E-state index contributed by atoms with van der Waals surface area (Å²) in [6, 6.07) is 13.6. The third-order valence-electron chi connectivity index (χ3n) is 4.97. The molecule has 2 aromatic rings. The molecule has 0 spiro atoms. The standard InChI is InChI=1S/C24H32BrN3O4S/c1-17-10-7-8-13-21(17)28(33(6,31)32)16-22(29)27(15-19-11-9-12-20(25)14-19)18(2)23(30)26-24(3,4)5/h7-14,18H,15-16H2,1-6H3,(H,26,30)/t18-/m0/s1. The normalized spacial score (nSPS) is 12.7. The molecule has 0 radical (unpaired) electrons. The number of halogens is 1. The lowest BCUT2D eigenvalue weighted by molar-refractivity contribution is -0.140. The first-order valence-corrected chi connectivity index (χ1v) is 13.2. The molecule has 2 rings (SSSR count). The van der Waals surface area contributed by atoms with Crippen molar-refractivity contribution in [3.05, 3.63) is 64.1 Å². The maximum atomic E-state index is 13.5. The van der Waals surface area contributed by atoms with Gasteiger partial charge in [-0.2, -0.15) is 0 Å². The number of carbonyl (C=O) groups is 2. The number of amides is 2. The first-order valence-electron chi connectivity index (χ1n) is 10.6. The minimum atomic E-state index is -3.75. The van der Waals surface area contributed by atoms with Crippen molar-refractivity contribution < 1.29 is 18.0 Å². The van der Waals surface area contributed by atoms with E-state index in [1.165, 1.54) is 4.90 Å². The molecule has 2 amide bonds. The van der Waals surface area contributed by atoms with Crippen LogP contribution in [0, 0.1) is 6.92 Å². The van der Waals surface area contributed by atoms with E-state index >= 15 is 0 Å². The molecule has 0 unspecified atom stereocenters. The molecule has 0 aromatic heterocycles. The van der Waals surface area contributed by atoms with Crippen LogP contribution in [-0.2, 0) is 26.2 Å². The van der Waals surface area contributed by atoms with E-state index in [1.807, 2.05) is 45.0 Å². The maximum Gasteiger partial charge on any atom is 0.244 e. The van der Waals surface area contributed by atoms with Gasteiger partial charge in [0.15, 0.2) is 0 Å². The van der Waals surface area contributed by atoms with E-state index in [9.17, 15) is 18.0 Å². The van der Waals surface area contributed by atoms with Crippen LogP contribution in [-0.4, -0.2) is 49.5 Å². The predicted molar refractivity (Wildman–Crippen MR) is 135 cm³/mol. The van der Waals surface area contributed by atoms with Gasteiger partial charge < -0.3 is 10.2 Å². The summed E-state index contributed by atoms with van der Waals surface area (Å²) < 4.78 is 27.1. The number of aryl methyl sites for hydroxylation is 1. The molecule has 2 aromatic carbocycles. The average molecular weight is 539 g/mol. The Bertz CT molecular complexity index is 1110. The smallest absolute Gasteiger partial charge is 0.244 e. The molecule has 7 nitrogen and oxygen atoms in total. The summed E-state index contributed by atoms with van der Waals surface area (Å²) in [6.45, 7) is 8.77. The number of benzene rings is 2. The van der Waals surface area contributed by atoms with Crippen LogP contribution in [0.3, 0.4) is 0 Å². The zero-order valence-electron chi connectivity index (χ0n) is 19.9. The Hall–Kier alpha value is -2.39. The summed E-state index contributed by atoms with van der Waals surface area (Å²) in [5.41, 5.74) is 1.50. The van der Waals surface area contributed by atoms with E-state index in [-0.39, 0.29) is 12.5 Å². The van der Waals surface area contributed by atoms with Crippen LogP contribution in [0.2, 0.25) is 0 Å². The minimum absolute atomic E-state index is 0.155. The molecule has 0 bridgehead atoms. The number of sulfonamides is 1. The Morgan fingerprint density at radius 3 is 2.27 bits per heavy atom. The Balaban J connectivity index is 2.42. The Kier molecular flexibility index (Phi) is 8.70. The lowest BCUT2D eigenvalue weighted by atomic mass is 10.1. The molecule has 0 heterocycles. The minimum Gasteiger partial charge on any atom is -0.350 e. The van der Waals surface area contributed by atoms with Crippen LogP contribution < -0.4 is 9.62 Å². The third-order valence-corrected chi connectivity index (χ3v) is 6.59. The van der Waals surface area contributed by atoms with Gasteiger partial charge in [0.1, 0.15) is 12.6 Å². The molecule has 1 atom stereocenters. The van der Waals surface area contributed by atoms with Crippen LogP contribution in [0.1, 0.15) is 38.8 Å². The highest BCUT2D eigenvalue weighted by Gasteiger charge is 2.31. The van der Waals surface area contributed by atoms with Gasteiger partial charge in [-0.05, 0) is 63.9 Å². The quantitative estimate of drug-likeness (QED) is 0.553. The van der Waals surface area contributed by atoms with Crippen molar-refractivity contribution in [1.29, 1.82) is 0 Å². The van der Waals surface area contributed by atoms with Crippen molar-refractivity contribution in [1.82, 2.24) is 10.2 Å². The second kappa shape index (κ2) is 10.7. The van der Waals surface area contributed by atoms with Gasteiger partial charge in [-0.3, -0.25) is 13.9 Å². The van der Waals surface area contributed by atoms with Crippen molar-refractivity contribution in [2.45, 2.75) is 52.7 Å². The highest BCUT2D eigenvalue weighted by atomic mass is 79.9. The molecule has 180 valence electrons. The second-order valence-electron chi connectivity index (χ2n) is 9.12. The number of anilines is 1. The van der Waals surface area contributed by atoms with Gasteiger partial charge in [-0.1, -0.05) is 46.3 Å². The van der Waals surface area contributed by atoms with Gasteiger partial charge >= 0.3 is 0 Å². The molecule has 0 aliphatic carbocycles. The van der Waals surface area contributed by atoms with Crippen LogP contribution in [0.25, 0.3) is 0 Å². The highest BCUT2D eigenvalue weighted by molar-refractivity contribution is 9.10. The monoisotopic (exact) mass is 537 g/mol. The number of nitrogens with one attached hydrogen (secondary N) is 1. The predicted octanol–water partition coefficient (Wildman–Crippen LogP) is 3.86. The lowest BCUT2D eigenvalue weighted by Gasteiger charge is -2.33. The molecule has 33 heavy (non-hydrogen) atoms. The number of hydrogen-bond acceptors (Lipinski definition) is 4. The molecule has 0 fully saturated rings. The molecule has 0 aliphatic heterocycles. The summed E-state index contributed by atoms with van der Waals surface area (Å²) in [4.78, 5) is 27.9. The highest BCUT2D eigenvalue weighted by Crippen LogP contribution is 2.23. The Morgan fingerprint density at radius 2 is 1.73 bits per heavy atom. The largest absolute Gasteiger partial charge is 0.350 e. The van der Waals surface area contributed by atoms with Crippen LogP contribution in [0.15, 0.2) is 53.0 Å². The third kappa shape index (κ3) is 7.85. The van der Waals surface area contributed by atoms with E-state index in [1.54, 1.807) is 38.1 Å². The van der Waals surface area contributed by atoms with Gasteiger partial charge in [0, 0.05) is 16.6 Å². The van der Waals surface area contributed by atoms with Crippen LogP contribution in [0.5, 0.6) is 0 Å². The summed E-state index contributed by atoms with van der Waals surface area (Å²) in [5, 5.41) is 2.90. The zero-order chi connectivity index (χ0) is 25.0. The number of carbonyl (C=O) groups excluding carboxylic acids is 2. The van der Waals surface area contributed by atoms with Gasteiger partial charge in [-0.15, -0.1) is 0 Å². The van der Waals surface area contributed by atoms with Crippen LogP contribution >= 0.6 is 15.9 Å². The molecular formula is C24H32BrN3O4S. The maximum absolute atomic E-state index is 13.5. The first kappa shape index (κ1) is 26.9. The first-order chi connectivity index (χ1) is 15.2. The van der Waals surface area contributed by atoms with E-state index in [2.05, 4.69) is 21.2 Å². The van der Waals surface area contributed by atoms with Crippen molar-refractivity contribution >= 4 is 43.5 Å². The van der Waals surface area contributed by atoms with Crippen molar-refractivity contribution in [3.8, 4) is 0 Å². The number of nitrogens with zero attached hydrogens (tertiary/aromatic N) is 2. The second-order valence-corrected chi connectivity index (χ2v) is 11.9. The van der Waals surface area contributed by atoms with Crippen LogP contribution in [0.4, 0.5) is 5.69 Å². The topological polar surface area (TPSA) is 86.8 Å². The Morgan fingerprint density at radius 1 is 1.09 bits per heavy atom. The average Bonchev–Trinajstić information content (AvgIpc) is 2.68. The van der Waals surface area contributed by atoms with Gasteiger partial charge in [0.25, 0.3) is 0 Å². The van der Waals surface area contributed by atoms with E-state index in [4.69, 9.17) is 0 Å². The number of hydrogen-bond donors (Lipinski definition) is 1. The fraction of sp³-hybridized carbons (Fsp3) is 0.417. The fourth-order valence-electron chi connectivity index (χ4n) is 3.33. The Labute approximate surface area is 205 Å². The molecule has 1 N–H and O–H groups in total. The summed E-state index contributed by atoms with van der Waals surface area (Å²) in [6.07, 6.45) is 1.07. The van der Waals surface area contributed by atoms with Gasteiger partial charge in [0.2, 0.25) is 21.8 Å². The van der Waals surface area contributed by atoms with E-state index < -0.39 is 34.1 Å². The van der Waals surface area contributed by atoms with Crippen molar-refractivity contribution in [3.63, 3.8) is 0 Å². The molecule has 0 aliphatic rings. The summed E-state index contributed by atoms with van der Waals surface area (Å²) in [5.74, 6) is -0.784. The molecule has 9 heteroatoms. The number of rotatable bonds is 8. The molecule has 0 saturated carbocycles. The summed E-state index contributed by atoms with van der Waals surface area (Å²) in [7, 11) is -3.75. The van der Waals surface area contributed by atoms with Gasteiger partial charge in [-0.25, -0.2) is 8.42 Å². The molecular weight excluding hydrogens is 506 g/mol. The number of para-hydroxylation sites is 1. The van der Waals surface area contributed by atoms with Crippen molar-refractivity contribution in [2.24, 2.45) is 0 Å². The molecule has 0 saturated heterocycles. The SMILES string of the molecule is Cc1ccccc1N(CC(=O)N(Cc1cccc(Br)c1)[C@@H](C)C(=O)NC(C)(C)C)S(C)(=O)=O. The van der Waals surface area contributed by atoms with Gasteiger partial charge in [0.05, 0.1) is 11.9 Å². The fourth-order valence-corrected chi connectivity index (χ4v) is 4.68. The zero-order valence-corrected chi connectivity index (χ0v) is 22.3.